The molecule has 0 saturated heterocycles. The van der Waals surface area contributed by atoms with Gasteiger partial charge >= 0.3 is 0 Å². The molecule has 0 aliphatic carbocycles. The first-order valence-corrected chi connectivity index (χ1v) is 8.74. The van der Waals surface area contributed by atoms with Gasteiger partial charge in [-0.15, -0.1) is 10.2 Å². The lowest BCUT2D eigenvalue weighted by Gasteiger charge is -2.08. The SMILES string of the molecule is CCOc1ccc(NC(=O)CSc2nnc(CC)n2CC)cc1. The van der Waals surface area contributed by atoms with E-state index in [1.54, 1.807) is 0 Å². The summed E-state index contributed by atoms with van der Waals surface area (Å²) in [7, 11) is 0. The summed E-state index contributed by atoms with van der Waals surface area (Å²) >= 11 is 1.40. The van der Waals surface area contributed by atoms with Crippen LogP contribution in [0.4, 0.5) is 5.69 Å². The third-order valence-corrected chi connectivity index (χ3v) is 4.17. The average Bonchev–Trinajstić information content (AvgIpc) is 2.97. The Bertz CT molecular complexity index is 640. The Labute approximate surface area is 140 Å². The van der Waals surface area contributed by atoms with E-state index in [0.717, 1.165) is 35.4 Å². The Kier molecular flexibility index (Phi) is 6.46. The van der Waals surface area contributed by atoms with Crippen LogP contribution in [0, 0.1) is 0 Å². The van der Waals surface area contributed by atoms with Crippen LogP contribution in [0.5, 0.6) is 5.75 Å². The molecule has 0 fully saturated rings. The average molecular weight is 334 g/mol. The molecule has 2 aromatic rings. The third-order valence-electron chi connectivity index (χ3n) is 3.21. The van der Waals surface area contributed by atoms with Crippen LogP contribution in [-0.2, 0) is 17.8 Å². The van der Waals surface area contributed by atoms with Crippen LogP contribution in [0.25, 0.3) is 0 Å². The summed E-state index contributed by atoms with van der Waals surface area (Å²) in [4.78, 5) is 12.1. The molecule has 124 valence electrons. The number of thioether (sulfide) groups is 1. The molecule has 1 aromatic heterocycles. The van der Waals surface area contributed by atoms with E-state index < -0.39 is 0 Å². The van der Waals surface area contributed by atoms with E-state index in [4.69, 9.17) is 4.74 Å². The van der Waals surface area contributed by atoms with E-state index >= 15 is 0 Å². The molecule has 1 N–H and O–H groups in total. The summed E-state index contributed by atoms with van der Waals surface area (Å²) < 4.78 is 7.41. The van der Waals surface area contributed by atoms with Gasteiger partial charge in [-0.05, 0) is 38.1 Å². The molecule has 0 aliphatic rings. The number of amides is 1. The standard InChI is InChI=1S/C16H22N4O2S/c1-4-14-18-19-16(20(14)5-2)23-11-15(21)17-12-7-9-13(10-8-12)22-6-3/h7-10H,4-6,11H2,1-3H3,(H,17,21). The summed E-state index contributed by atoms with van der Waals surface area (Å²) in [5.41, 5.74) is 0.755. The molecule has 0 bridgehead atoms. The molecule has 7 heteroatoms. The number of carbonyl (C=O) groups excluding carboxylic acids is 1. The van der Waals surface area contributed by atoms with Crippen molar-refractivity contribution in [3.63, 3.8) is 0 Å². The van der Waals surface area contributed by atoms with Gasteiger partial charge in [0.25, 0.3) is 0 Å². The van der Waals surface area contributed by atoms with Crippen molar-refractivity contribution in [3.8, 4) is 5.75 Å². The zero-order chi connectivity index (χ0) is 16.7. The van der Waals surface area contributed by atoms with Gasteiger partial charge in [0.2, 0.25) is 5.91 Å². The lowest BCUT2D eigenvalue weighted by molar-refractivity contribution is -0.113. The van der Waals surface area contributed by atoms with Gasteiger partial charge in [0.1, 0.15) is 11.6 Å². The van der Waals surface area contributed by atoms with Gasteiger partial charge in [-0.3, -0.25) is 4.79 Å². The van der Waals surface area contributed by atoms with Crippen molar-refractivity contribution in [2.75, 3.05) is 17.7 Å². The number of benzene rings is 1. The van der Waals surface area contributed by atoms with Crippen molar-refractivity contribution in [2.45, 2.75) is 38.9 Å². The first kappa shape index (κ1) is 17.3. The molecule has 0 unspecified atom stereocenters. The minimum absolute atomic E-state index is 0.0668. The maximum absolute atomic E-state index is 12.1. The van der Waals surface area contributed by atoms with Crippen LogP contribution in [0.15, 0.2) is 29.4 Å². The number of ether oxygens (including phenoxy) is 1. The van der Waals surface area contributed by atoms with Crippen molar-refractivity contribution in [3.05, 3.63) is 30.1 Å². The topological polar surface area (TPSA) is 69.0 Å². The molecule has 1 aromatic carbocycles. The molecular weight excluding hydrogens is 312 g/mol. The maximum Gasteiger partial charge on any atom is 0.234 e. The van der Waals surface area contributed by atoms with E-state index in [1.807, 2.05) is 49.6 Å². The third kappa shape index (κ3) is 4.72. The fourth-order valence-corrected chi connectivity index (χ4v) is 2.95. The molecule has 0 radical (unpaired) electrons. The first-order valence-electron chi connectivity index (χ1n) is 7.75. The van der Waals surface area contributed by atoms with Crippen LogP contribution in [0.1, 0.15) is 26.6 Å². The monoisotopic (exact) mass is 334 g/mol. The van der Waals surface area contributed by atoms with Crippen LogP contribution in [0.2, 0.25) is 0 Å². The van der Waals surface area contributed by atoms with Gasteiger partial charge in [-0.1, -0.05) is 18.7 Å². The van der Waals surface area contributed by atoms with Crippen molar-refractivity contribution >= 4 is 23.4 Å². The second-order valence-corrected chi connectivity index (χ2v) is 5.73. The molecule has 1 heterocycles. The largest absolute Gasteiger partial charge is 0.494 e. The van der Waals surface area contributed by atoms with E-state index in [9.17, 15) is 4.79 Å². The van der Waals surface area contributed by atoms with Crippen molar-refractivity contribution in [1.29, 1.82) is 0 Å². The van der Waals surface area contributed by atoms with E-state index in [0.29, 0.717) is 12.4 Å². The number of aryl methyl sites for hydroxylation is 1. The van der Waals surface area contributed by atoms with E-state index in [1.165, 1.54) is 11.8 Å². The molecular formula is C16H22N4O2S. The highest BCUT2D eigenvalue weighted by Gasteiger charge is 2.12. The van der Waals surface area contributed by atoms with Gasteiger partial charge in [0, 0.05) is 18.7 Å². The summed E-state index contributed by atoms with van der Waals surface area (Å²) in [6, 6.07) is 7.34. The Morgan fingerprint density at radius 1 is 1.22 bits per heavy atom. The molecule has 2 rings (SSSR count). The summed E-state index contributed by atoms with van der Waals surface area (Å²) in [6.07, 6.45) is 0.833. The zero-order valence-corrected chi connectivity index (χ0v) is 14.5. The Morgan fingerprint density at radius 2 is 1.96 bits per heavy atom. The second kappa shape index (κ2) is 8.57. The molecule has 1 amide bonds. The number of nitrogens with zero attached hydrogens (tertiary/aromatic N) is 3. The van der Waals surface area contributed by atoms with Crippen molar-refractivity contribution < 1.29 is 9.53 Å². The Balaban J connectivity index is 1.88. The van der Waals surface area contributed by atoms with E-state index in [2.05, 4.69) is 15.5 Å². The number of aromatic nitrogens is 3. The predicted molar refractivity (Wildman–Crippen MR) is 92.0 cm³/mol. The van der Waals surface area contributed by atoms with Gasteiger partial charge in [-0.2, -0.15) is 0 Å². The molecule has 23 heavy (non-hydrogen) atoms. The minimum Gasteiger partial charge on any atom is -0.494 e. The molecule has 0 aliphatic heterocycles. The number of rotatable bonds is 8. The number of anilines is 1. The normalized spacial score (nSPS) is 10.6. The highest BCUT2D eigenvalue weighted by Crippen LogP contribution is 2.19. The molecule has 6 nitrogen and oxygen atoms in total. The second-order valence-electron chi connectivity index (χ2n) is 4.79. The van der Waals surface area contributed by atoms with Gasteiger partial charge < -0.3 is 14.6 Å². The highest BCUT2D eigenvalue weighted by atomic mass is 32.2. The molecule has 0 saturated carbocycles. The minimum atomic E-state index is -0.0668. The molecule has 0 atom stereocenters. The van der Waals surface area contributed by atoms with Crippen LogP contribution >= 0.6 is 11.8 Å². The number of carbonyl (C=O) groups is 1. The van der Waals surface area contributed by atoms with Crippen LogP contribution in [0.3, 0.4) is 0 Å². The van der Waals surface area contributed by atoms with Crippen molar-refractivity contribution in [2.24, 2.45) is 0 Å². The summed E-state index contributed by atoms with van der Waals surface area (Å²) in [6.45, 7) is 7.46. The highest BCUT2D eigenvalue weighted by molar-refractivity contribution is 7.99. The zero-order valence-electron chi connectivity index (χ0n) is 13.7. The lowest BCUT2D eigenvalue weighted by Crippen LogP contribution is -2.14. The Morgan fingerprint density at radius 3 is 2.57 bits per heavy atom. The summed E-state index contributed by atoms with van der Waals surface area (Å²) in [5, 5.41) is 11.9. The predicted octanol–water partition coefficient (Wildman–Crippen LogP) is 2.99. The quantitative estimate of drug-likeness (QED) is 0.752. The van der Waals surface area contributed by atoms with Crippen molar-refractivity contribution in [1.82, 2.24) is 14.8 Å². The Hall–Kier alpha value is -2.02. The lowest BCUT2D eigenvalue weighted by atomic mass is 10.3. The fraction of sp³-hybridized carbons (Fsp3) is 0.438. The van der Waals surface area contributed by atoms with Gasteiger partial charge in [0.15, 0.2) is 5.16 Å². The number of nitrogens with one attached hydrogen (secondary N) is 1. The van der Waals surface area contributed by atoms with Gasteiger partial charge in [0.05, 0.1) is 12.4 Å². The number of hydrogen-bond donors (Lipinski definition) is 1. The molecule has 0 spiro atoms. The van der Waals surface area contributed by atoms with Gasteiger partial charge in [-0.25, -0.2) is 0 Å². The van der Waals surface area contributed by atoms with E-state index in [-0.39, 0.29) is 5.91 Å². The number of hydrogen-bond acceptors (Lipinski definition) is 5. The van der Waals surface area contributed by atoms with Crippen LogP contribution in [-0.4, -0.2) is 33.0 Å². The summed E-state index contributed by atoms with van der Waals surface area (Å²) in [5.74, 6) is 1.97. The fourth-order valence-electron chi connectivity index (χ4n) is 2.13. The first-order chi connectivity index (χ1) is 11.2. The smallest absolute Gasteiger partial charge is 0.234 e. The maximum atomic E-state index is 12.1. The van der Waals surface area contributed by atoms with Crippen LogP contribution < -0.4 is 10.1 Å².